The quantitative estimate of drug-likeness (QED) is 0.261. The fourth-order valence-electron chi connectivity index (χ4n) is 3.08. The van der Waals surface area contributed by atoms with E-state index in [1.54, 1.807) is 30.3 Å². The number of anilines is 1. The van der Waals surface area contributed by atoms with E-state index in [-0.39, 0.29) is 11.0 Å². The van der Waals surface area contributed by atoms with Crippen LogP contribution in [0, 0.1) is 0 Å². The van der Waals surface area contributed by atoms with Gasteiger partial charge in [0, 0.05) is 26.7 Å². The largest absolute Gasteiger partial charge is 0.331 e. The van der Waals surface area contributed by atoms with E-state index < -0.39 is 0 Å². The van der Waals surface area contributed by atoms with E-state index in [1.807, 2.05) is 48.5 Å². The molecule has 154 valence electrons. The highest BCUT2D eigenvalue weighted by molar-refractivity contribution is 7.80. The summed E-state index contributed by atoms with van der Waals surface area (Å²) in [5, 5.41) is 5.03. The van der Waals surface area contributed by atoms with Crippen LogP contribution in [0.15, 0.2) is 78.9 Å². The summed E-state index contributed by atoms with van der Waals surface area (Å²) >= 11 is 17.6. The fraction of sp³-hybridized carbons (Fsp3) is 0. The Labute approximate surface area is 194 Å². The lowest BCUT2D eigenvalue weighted by Crippen LogP contribution is -2.43. The summed E-state index contributed by atoms with van der Waals surface area (Å²) in [6.45, 7) is 0. The van der Waals surface area contributed by atoms with Crippen molar-refractivity contribution in [3.63, 3.8) is 0 Å². The average molecular weight is 467 g/mol. The number of hydrogen-bond acceptors (Lipinski definition) is 3. The Morgan fingerprint density at radius 1 is 0.871 bits per heavy atom. The molecule has 1 amide bonds. The van der Waals surface area contributed by atoms with Gasteiger partial charge >= 0.3 is 0 Å². The van der Waals surface area contributed by atoms with Gasteiger partial charge in [-0.3, -0.25) is 15.6 Å². The first-order valence-electron chi connectivity index (χ1n) is 9.29. The Morgan fingerprint density at radius 3 is 2.45 bits per heavy atom. The maximum atomic E-state index is 13.0. The SMILES string of the molecule is O=C(NNC(=S)Nc1cccc(Cl)c1)c1cc(-c2ccccc2Cl)nc2ccccc12. The van der Waals surface area contributed by atoms with E-state index in [0.717, 1.165) is 5.56 Å². The number of thiocarbonyl (C=S) groups is 1. The van der Waals surface area contributed by atoms with Crippen LogP contribution in [-0.4, -0.2) is 16.0 Å². The van der Waals surface area contributed by atoms with Crippen molar-refractivity contribution in [1.82, 2.24) is 15.8 Å². The van der Waals surface area contributed by atoms with E-state index in [1.165, 1.54) is 0 Å². The minimum Gasteiger partial charge on any atom is -0.331 e. The van der Waals surface area contributed by atoms with Gasteiger partial charge in [-0.05, 0) is 48.6 Å². The summed E-state index contributed by atoms with van der Waals surface area (Å²) in [7, 11) is 0. The molecule has 8 heteroatoms. The molecular formula is C23H16Cl2N4OS. The number of para-hydroxylation sites is 1. The second-order valence-electron chi connectivity index (χ2n) is 6.60. The zero-order valence-electron chi connectivity index (χ0n) is 16.0. The Hall–Kier alpha value is -3.19. The molecule has 3 N–H and O–H groups in total. The predicted molar refractivity (Wildman–Crippen MR) is 130 cm³/mol. The molecular weight excluding hydrogens is 451 g/mol. The summed E-state index contributed by atoms with van der Waals surface area (Å²) in [5.41, 5.74) is 8.53. The number of nitrogens with one attached hydrogen (secondary N) is 3. The number of fused-ring (bicyclic) bond motifs is 1. The maximum Gasteiger partial charge on any atom is 0.270 e. The normalized spacial score (nSPS) is 10.5. The molecule has 4 rings (SSSR count). The van der Waals surface area contributed by atoms with Gasteiger partial charge in [0.2, 0.25) is 0 Å². The molecule has 1 aromatic heterocycles. The number of nitrogens with zero attached hydrogens (tertiary/aromatic N) is 1. The molecule has 0 aliphatic rings. The van der Waals surface area contributed by atoms with Crippen molar-refractivity contribution in [2.75, 3.05) is 5.32 Å². The number of hydrogen-bond donors (Lipinski definition) is 3. The van der Waals surface area contributed by atoms with Crippen LogP contribution >= 0.6 is 35.4 Å². The molecule has 0 saturated heterocycles. The Bertz CT molecular complexity index is 1300. The number of aromatic nitrogens is 1. The summed E-state index contributed by atoms with van der Waals surface area (Å²) in [6, 6.07) is 23.6. The lowest BCUT2D eigenvalue weighted by Gasteiger charge is -2.14. The molecule has 0 aliphatic heterocycles. The van der Waals surface area contributed by atoms with Crippen molar-refractivity contribution in [2.24, 2.45) is 0 Å². The molecule has 0 aliphatic carbocycles. The van der Waals surface area contributed by atoms with Crippen LogP contribution in [0.2, 0.25) is 10.0 Å². The molecule has 0 spiro atoms. The number of halogens is 2. The molecule has 0 radical (unpaired) electrons. The van der Waals surface area contributed by atoms with Crippen molar-refractivity contribution in [3.05, 3.63) is 94.5 Å². The summed E-state index contributed by atoms with van der Waals surface area (Å²) in [4.78, 5) is 17.7. The minimum atomic E-state index is -0.359. The number of pyridine rings is 1. The van der Waals surface area contributed by atoms with Crippen molar-refractivity contribution in [1.29, 1.82) is 0 Å². The van der Waals surface area contributed by atoms with Gasteiger partial charge in [0.1, 0.15) is 0 Å². The van der Waals surface area contributed by atoms with Crippen LogP contribution in [0.1, 0.15) is 10.4 Å². The van der Waals surface area contributed by atoms with Crippen LogP contribution in [0.25, 0.3) is 22.2 Å². The number of rotatable bonds is 3. The lowest BCUT2D eigenvalue weighted by atomic mass is 10.0. The number of benzene rings is 3. The molecule has 3 aromatic carbocycles. The third kappa shape index (κ3) is 4.94. The standard InChI is InChI=1S/C23H16Cl2N4OS/c24-14-6-5-7-15(12-14)26-23(31)29-28-22(30)18-13-21(17-9-1-3-10-19(17)25)27-20-11-4-2-8-16(18)20/h1-13H,(H,28,30)(H2,26,29,31). The monoisotopic (exact) mass is 466 g/mol. The van der Waals surface area contributed by atoms with Gasteiger partial charge in [-0.2, -0.15) is 0 Å². The Kier molecular flexibility index (Phi) is 6.32. The van der Waals surface area contributed by atoms with E-state index in [0.29, 0.717) is 37.9 Å². The van der Waals surface area contributed by atoms with Gasteiger partial charge in [-0.15, -0.1) is 0 Å². The number of hydrazine groups is 1. The second-order valence-corrected chi connectivity index (χ2v) is 7.85. The first kappa shape index (κ1) is 21.1. The van der Waals surface area contributed by atoms with Gasteiger partial charge in [0.25, 0.3) is 5.91 Å². The Morgan fingerprint density at radius 2 is 1.65 bits per heavy atom. The van der Waals surface area contributed by atoms with Crippen LogP contribution in [-0.2, 0) is 0 Å². The maximum absolute atomic E-state index is 13.0. The molecule has 0 bridgehead atoms. The first-order valence-corrected chi connectivity index (χ1v) is 10.5. The highest BCUT2D eigenvalue weighted by Crippen LogP contribution is 2.29. The van der Waals surface area contributed by atoms with Crippen LogP contribution in [0.3, 0.4) is 0 Å². The van der Waals surface area contributed by atoms with Crippen molar-refractivity contribution >= 4 is 63.0 Å². The molecule has 31 heavy (non-hydrogen) atoms. The third-order valence-corrected chi connectivity index (χ3v) is 5.25. The van der Waals surface area contributed by atoms with Crippen molar-refractivity contribution < 1.29 is 4.79 Å². The molecule has 1 heterocycles. The van der Waals surface area contributed by atoms with Crippen molar-refractivity contribution in [2.45, 2.75) is 0 Å². The highest BCUT2D eigenvalue weighted by atomic mass is 35.5. The molecule has 0 unspecified atom stereocenters. The topological polar surface area (TPSA) is 66.1 Å². The van der Waals surface area contributed by atoms with Crippen molar-refractivity contribution in [3.8, 4) is 11.3 Å². The first-order chi connectivity index (χ1) is 15.0. The van der Waals surface area contributed by atoms with Gasteiger partial charge in [-0.25, -0.2) is 4.98 Å². The highest BCUT2D eigenvalue weighted by Gasteiger charge is 2.15. The smallest absolute Gasteiger partial charge is 0.270 e. The summed E-state index contributed by atoms with van der Waals surface area (Å²) in [5.74, 6) is -0.359. The minimum absolute atomic E-state index is 0.223. The van der Waals surface area contributed by atoms with Gasteiger partial charge in [0.05, 0.1) is 16.8 Å². The third-order valence-electron chi connectivity index (χ3n) is 4.48. The van der Waals surface area contributed by atoms with Crippen LogP contribution in [0.4, 0.5) is 5.69 Å². The van der Waals surface area contributed by atoms with E-state index >= 15 is 0 Å². The predicted octanol–water partition coefficient (Wildman–Crippen LogP) is 5.84. The van der Waals surface area contributed by atoms with E-state index in [4.69, 9.17) is 35.4 Å². The molecule has 5 nitrogen and oxygen atoms in total. The molecule has 0 atom stereocenters. The van der Waals surface area contributed by atoms with Crippen LogP contribution < -0.4 is 16.2 Å². The lowest BCUT2D eigenvalue weighted by molar-refractivity contribution is 0.0946. The Balaban J connectivity index is 1.58. The van der Waals surface area contributed by atoms with E-state index in [9.17, 15) is 4.79 Å². The number of carbonyl (C=O) groups is 1. The number of carbonyl (C=O) groups excluding carboxylic acids is 1. The molecule has 0 fully saturated rings. The average Bonchev–Trinajstić information content (AvgIpc) is 2.77. The summed E-state index contributed by atoms with van der Waals surface area (Å²) in [6.07, 6.45) is 0. The van der Waals surface area contributed by atoms with E-state index in [2.05, 4.69) is 21.2 Å². The molecule has 4 aromatic rings. The molecule has 0 saturated carbocycles. The summed E-state index contributed by atoms with van der Waals surface area (Å²) < 4.78 is 0. The van der Waals surface area contributed by atoms with Gasteiger partial charge in [0.15, 0.2) is 5.11 Å². The number of amides is 1. The van der Waals surface area contributed by atoms with Gasteiger partial charge in [-0.1, -0.05) is 65.7 Å². The zero-order valence-corrected chi connectivity index (χ0v) is 18.4. The van der Waals surface area contributed by atoms with Gasteiger partial charge < -0.3 is 5.32 Å². The van der Waals surface area contributed by atoms with Crippen LogP contribution in [0.5, 0.6) is 0 Å². The second kappa shape index (κ2) is 9.31. The fourth-order valence-corrected chi connectivity index (χ4v) is 3.67. The zero-order chi connectivity index (χ0) is 21.8.